The minimum atomic E-state index is 1.26. The molecule has 0 atom stereocenters. The Morgan fingerprint density at radius 2 is 1.60 bits per heavy atom. The van der Waals surface area contributed by atoms with E-state index in [1.165, 1.54) is 70.9 Å². The average Bonchev–Trinajstić information content (AvgIpc) is 2.75. The van der Waals surface area contributed by atoms with E-state index in [-0.39, 0.29) is 0 Å². The standard InChI is InChI=1S/C14H27N/c1-2-3-4-5-6-7-8-9-12-15-13-10-11-14-15/h10,13H,2-9,11-12,14H2,1H3. The molecule has 0 fully saturated rings. The van der Waals surface area contributed by atoms with Gasteiger partial charge in [0.1, 0.15) is 0 Å². The summed E-state index contributed by atoms with van der Waals surface area (Å²) in [5.74, 6) is 0. The molecule has 0 saturated heterocycles. The maximum atomic E-state index is 2.46. The largest absolute Gasteiger partial charge is 0.377 e. The van der Waals surface area contributed by atoms with Crippen LogP contribution in [0.2, 0.25) is 0 Å². The molecule has 0 aromatic carbocycles. The molecular weight excluding hydrogens is 182 g/mol. The van der Waals surface area contributed by atoms with Crippen LogP contribution in [0.1, 0.15) is 64.7 Å². The normalized spacial score (nSPS) is 15.1. The van der Waals surface area contributed by atoms with Crippen molar-refractivity contribution in [1.82, 2.24) is 4.90 Å². The second kappa shape index (κ2) is 8.82. The highest BCUT2D eigenvalue weighted by Gasteiger charge is 2.02. The molecule has 0 amide bonds. The molecule has 88 valence electrons. The van der Waals surface area contributed by atoms with Crippen LogP contribution in [-0.4, -0.2) is 18.0 Å². The topological polar surface area (TPSA) is 3.24 Å². The van der Waals surface area contributed by atoms with Gasteiger partial charge in [-0.05, 0) is 19.0 Å². The van der Waals surface area contributed by atoms with E-state index in [0.29, 0.717) is 0 Å². The lowest BCUT2D eigenvalue weighted by Crippen LogP contribution is -2.15. The van der Waals surface area contributed by atoms with Crippen molar-refractivity contribution in [2.75, 3.05) is 13.1 Å². The van der Waals surface area contributed by atoms with E-state index in [1.807, 2.05) is 0 Å². The molecule has 0 N–H and O–H groups in total. The number of hydrogen-bond donors (Lipinski definition) is 0. The fourth-order valence-electron chi connectivity index (χ4n) is 2.17. The summed E-state index contributed by atoms with van der Waals surface area (Å²) in [6.45, 7) is 4.82. The first-order valence-electron chi connectivity index (χ1n) is 6.84. The lowest BCUT2D eigenvalue weighted by molar-refractivity contribution is 0.388. The van der Waals surface area contributed by atoms with Crippen molar-refractivity contribution in [1.29, 1.82) is 0 Å². The number of hydrogen-bond acceptors (Lipinski definition) is 1. The SMILES string of the molecule is CCCCCCCCCCN1C=CCC1. The summed E-state index contributed by atoms with van der Waals surface area (Å²) in [6.07, 6.45) is 17.2. The fourth-order valence-corrected chi connectivity index (χ4v) is 2.17. The third-order valence-electron chi connectivity index (χ3n) is 3.20. The van der Waals surface area contributed by atoms with Gasteiger partial charge in [0.25, 0.3) is 0 Å². The molecule has 0 spiro atoms. The second-order valence-electron chi connectivity index (χ2n) is 4.68. The Hall–Kier alpha value is -0.460. The van der Waals surface area contributed by atoms with Gasteiger partial charge in [-0.25, -0.2) is 0 Å². The number of rotatable bonds is 9. The molecule has 1 aliphatic rings. The zero-order chi connectivity index (χ0) is 10.8. The van der Waals surface area contributed by atoms with Gasteiger partial charge in [-0.2, -0.15) is 0 Å². The zero-order valence-electron chi connectivity index (χ0n) is 10.4. The first kappa shape index (κ1) is 12.6. The van der Waals surface area contributed by atoms with Gasteiger partial charge in [0, 0.05) is 13.1 Å². The highest BCUT2D eigenvalue weighted by molar-refractivity contribution is 4.90. The van der Waals surface area contributed by atoms with E-state index in [1.54, 1.807) is 0 Å². The van der Waals surface area contributed by atoms with E-state index >= 15 is 0 Å². The molecule has 1 heteroatoms. The summed E-state index contributed by atoms with van der Waals surface area (Å²) in [4.78, 5) is 2.46. The van der Waals surface area contributed by atoms with E-state index in [0.717, 1.165) is 0 Å². The predicted octanol–water partition coefficient (Wildman–Crippen LogP) is 4.35. The summed E-state index contributed by atoms with van der Waals surface area (Å²) < 4.78 is 0. The summed E-state index contributed by atoms with van der Waals surface area (Å²) in [5, 5.41) is 0. The van der Waals surface area contributed by atoms with Gasteiger partial charge < -0.3 is 4.90 Å². The van der Waals surface area contributed by atoms with Crippen LogP contribution in [0.3, 0.4) is 0 Å². The molecule has 0 aromatic rings. The predicted molar refractivity (Wildman–Crippen MR) is 67.9 cm³/mol. The van der Waals surface area contributed by atoms with Crippen LogP contribution >= 0.6 is 0 Å². The molecule has 0 radical (unpaired) electrons. The van der Waals surface area contributed by atoms with Crippen molar-refractivity contribution in [3.8, 4) is 0 Å². The van der Waals surface area contributed by atoms with Crippen molar-refractivity contribution >= 4 is 0 Å². The maximum Gasteiger partial charge on any atom is 0.0207 e. The quantitative estimate of drug-likeness (QED) is 0.510. The van der Waals surface area contributed by atoms with Crippen molar-refractivity contribution in [2.24, 2.45) is 0 Å². The Morgan fingerprint density at radius 1 is 0.933 bits per heavy atom. The minimum absolute atomic E-state index is 1.26. The molecule has 1 aliphatic heterocycles. The molecule has 15 heavy (non-hydrogen) atoms. The second-order valence-corrected chi connectivity index (χ2v) is 4.68. The Labute approximate surface area is 95.5 Å². The van der Waals surface area contributed by atoms with Gasteiger partial charge >= 0.3 is 0 Å². The number of unbranched alkanes of at least 4 members (excludes halogenated alkanes) is 7. The summed E-state index contributed by atoms with van der Waals surface area (Å²) in [7, 11) is 0. The molecule has 0 saturated carbocycles. The Balaban J connectivity index is 1.75. The van der Waals surface area contributed by atoms with Crippen molar-refractivity contribution in [3.05, 3.63) is 12.3 Å². The van der Waals surface area contributed by atoms with Gasteiger partial charge in [0.15, 0.2) is 0 Å². The smallest absolute Gasteiger partial charge is 0.0207 e. The van der Waals surface area contributed by atoms with Crippen LogP contribution in [0, 0.1) is 0 Å². The zero-order valence-corrected chi connectivity index (χ0v) is 10.4. The third-order valence-corrected chi connectivity index (χ3v) is 3.20. The van der Waals surface area contributed by atoms with E-state index in [4.69, 9.17) is 0 Å². The Bertz CT molecular complexity index is 163. The number of nitrogens with zero attached hydrogens (tertiary/aromatic N) is 1. The maximum absolute atomic E-state index is 2.46. The molecule has 0 aliphatic carbocycles. The van der Waals surface area contributed by atoms with Crippen LogP contribution in [0.5, 0.6) is 0 Å². The third kappa shape index (κ3) is 6.59. The Kier molecular flexibility index (Phi) is 7.41. The van der Waals surface area contributed by atoms with Gasteiger partial charge in [-0.15, -0.1) is 0 Å². The van der Waals surface area contributed by atoms with Crippen LogP contribution < -0.4 is 0 Å². The van der Waals surface area contributed by atoms with Crippen LogP contribution in [0.15, 0.2) is 12.3 Å². The van der Waals surface area contributed by atoms with Crippen molar-refractivity contribution < 1.29 is 0 Å². The fraction of sp³-hybridized carbons (Fsp3) is 0.857. The molecule has 1 heterocycles. The molecule has 1 nitrogen and oxygen atoms in total. The molecule has 0 bridgehead atoms. The van der Waals surface area contributed by atoms with Gasteiger partial charge in [-0.3, -0.25) is 0 Å². The summed E-state index contributed by atoms with van der Waals surface area (Å²) >= 11 is 0. The van der Waals surface area contributed by atoms with Crippen LogP contribution in [0.4, 0.5) is 0 Å². The highest BCUT2D eigenvalue weighted by atomic mass is 15.1. The van der Waals surface area contributed by atoms with E-state index in [9.17, 15) is 0 Å². The molecule has 0 unspecified atom stereocenters. The van der Waals surface area contributed by atoms with Crippen molar-refractivity contribution in [2.45, 2.75) is 64.7 Å². The highest BCUT2D eigenvalue weighted by Crippen LogP contribution is 2.10. The summed E-state index contributed by atoms with van der Waals surface area (Å²) in [6, 6.07) is 0. The van der Waals surface area contributed by atoms with Gasteiger partial charge in [-0.1, -0.05) is 57.9 Å². The molecular formula is C14H27N. The van der Waals surface area contributed by atoms with Crippen LogP contribution in [-0.2, 0) is 0 Å². The van der Waals surface area contributed by atoms with Crippen LogP contribution in [0.25, 0.3) is 0 Å². The molecule has 1 rings (SSSR count). The average molecular weight is 209 g/mol. The lowest BCUT2D eigenvalue weighted by atomic mass is 10.1. The first-order chi connectivity index (χ1) is 7.43. The monoisotopic (exact) mass is 209 g/mol. The van der Waals surface area contributed by atoms with Gasteiger partial charge in [0.05, 0.1) is 0 Å². The lowest BCUT2D eigenvalue weighted by Gasteiger charge is -2.14. The molecule has 0 aromatic heterocycles. The first-order valence-corrected chi connectivity index (χ1v) is 6.84. The Morgan fingerprint density at radius 3 is 2.20 bits per heavy atom. The van der Waals surface area contributed by atoms with E-state index in [2.05, 4.69) is 24.1 Å². The van der Waals surface area contributed by atoms with E-state index < -0.39 is 0 Å². The summed E-state index contributed by atoms with van der Waals surface area (Å²) in [5.41, 5.74) is 0. The van der Waals surface area contributed by atoms with Crippen molar-refractivity contribution in [3.63, 3.8) is 0 Å². The van der Waals surface area contributed by atoms with Gasteiger partial charge in [0.2, 0.25) is 0 Å². The minimum Gasteiger partial charge on any atom is -0.377 e.